The first-order chi connectivity index (χ1) is 10.2. The van der Waals surface area contributed by atoms with E-state index in [0.29, 0.717) is 29.1 Å². The first kappa shape index (κ1) is 14.2. The van der Waals surface area contributed by atoms with Crippen LogP contribution in [0.15, 0.2) is 18.2 Å². The number of amides is 1. The summed E-state index contributed by atoms with van der Waals surface area (Å²) in [5, 5.41) is 3.32. The molecule has 1 fully saturated rings. The minimum Gasteiger partial charge on any atom is -0.454 e. The molecule has 5 nitrogen and oxygen atoms in total. The summed E-state index contributed by atoms with van der Waals surface area (Å²) in [6, 6.07) is 6.32. The van der Waals surface area contributed by atoms with Gasteiger partial charge in [0.1, 0.15) is 0 Å². The van der Waals surface area contributed by atoms with Gasteiger partial charge in [0.15, 0.2) is 11.5 Å². The monoisotopic (exact) mass is 290 g/mol. The predicted octanol–water partition coefficient (Wildman–Crippen LogP) is 2.02. The number of nitrogens with one attached hydrogen (secondary N) is 1. The lowest BCUT2D eigenvalue weighted by Crippen LogP contribution is -2.42. The van der Waals surface area contributed by atoms with Gasteiger partial charge in [-0.05, 0) is 50.9 Å². The summed E-state index contributed by atoms with van der Waals surface area (Å²) in [5.74, 6) is 1.43. The van der Waals surface area contributed by atoms with Gasteiger partial charge in [0.25, 0.3) is 5.91 Å². The number of ether oxygens (including phenoxy) is 2. The molecule has 5 heteroatoms. The van der Waals surface area contributed by atoms with Crippen LogP contribution in [0.25, 0.3) is 0 Å². The summed E-state index contributed by atoms with van der Waals surface area (Å²) in [5.41, 5.74) is 0.664. The maximum absolute atomic E-state index is 12.6. The van der Waals surface area contributed by atoms with E-state index in [9.17, 15) is 4.79 Å². The van der Waals surface area contributed by atoms with E-state index < -0.39 is 0 Å². The molecule has 1 N–H and O–H groups in total. The normalized spacial score (nSPS) is 23.9. The molecule has 0 radical (unpaired) electrons. The molecule has 1 amide bonds. The summed E-state index contributed by atoms with van der Waals surface area (Å²) in [6.07, 6.45) is 4.36. The molecule has 21 heavy (non-hydrogen) atoms. The number of carbonyl (C=O) groups is 1. The fourth-order valence-corrected chi connectivity index (χ4v) is 3.15. The van der Waals surface area contributed by atoms with Gasteiger partial charge in [0.2, 0.25) is 6.79 Å². The minimum absolute atomic E-state index is 0.0567. The molecule has 2 aliphatic rings. The van der Waals surface area contributed by atoms with Crippen molar-refractivity contribution in [1.82, 2.24) is 10.2 Å². The van der Waals surface area contributed by atoms with Gasteiger partial charge in [0.05, 0.1) is 0 Å². The first-order valence-electron chi connectivity index (χ1n) is 7.53. The highest BCUT2D eigenvalue weighted by atomic mass is 16.7. The van der Waals surface area contributed by atoms with Gasteiger partial charge in [-0.1, -0.05) is 0 Å². The van der Waals surface area contributed by atoms with Crippen LogP contribution in [0.4, 0.5) is 0 Å². The van der Waals surface area contributed by atoms with Crippen molar-refractivity contribution in [3.8, 4) is 11.5 Å². The highest BCUT2D eigenvalue weighted by Crippen LogP contribution is 2.33. The highest BCUT2D eigenvalue weighted by molar-refractivity contribution is 5.95. The van der Waals surface area contributed by atoms with E-state index >= 15 is 0 Å². The van der Waals surface area contributed by atoms with Crippen LogP contribution >= 0.6 is 0 Å². The molecular weight excluding hydrogens is 268 g/mol. The minimum atomic E-state index is 0.0567. The van der Waals surface area contributed by atoms with Crippen molar-refractivity contribution in [3.05, 3.63) is 23.8 Å². The van der Waals surface area contributed by atoms with E-state index in [1.807, 2.05) is 25.1 Å². The molecule has 114 valence electrons. The number of nitrogens with zero attached hydrogens (tertiary/aromatic N) is 1. The van der Waals surface area contributed by atoms with Crippen molar-refractivity contribution in [2.45, 2.75) is 37.8 Å². The summed E-state index contributed by atoms with van der Waals surface area (Å²) in [7, 11) is 3.91. The molecule has 0 bridgehead atoms. The molecule has 1 aromatic rings. The Labute approximate surface area is 125 Å². The third kappa shape index (κ3) is 2.83. The molecule has 1 saturated carbocycles. The SMILES string of the molecule is CNC1CCC(N(C)C(=O)c2ccc3c(c2)OCO3)CC1. The zero-order valence-corrected chi connectivity index (χ0v) is 12.6. The Morgan fingerprint density at radius 3 is 2.62 bits per heavy atom. The van der Waals surface area contributed by atoms with Crippen molar-refractivity contribution in [3.63, 3.8) is 0 Å². The third-order valence-electron chi connectivity index (χ3n) is 4.59. The number of fused-ring (bicyclic) bond motifs is 1. The molecule has 0 unspecified atom stereocenters. The van der Waals surface area contributed by atoms with Gasteiger partial charge >= 0.3 is 0 Å². The molecule has 1 aliphatic heterocycles. The molecule has 0 aromatic heterocycles. The van der Waals surface area contributed by atoms with Crippen molar-refractivity contribution < 1.29 is 14.3 Å². The highest BCUT2D eigenvalue weighted by Gasteiger charge is 2.27. The first-order valence-corrected chi connectivity index (χ1v) is 7.53. The largest absolute Gasteiger partial charge is 0.454 e. The van der Waals surface area contributed by atoms with Crippen LogP contribution in [0.3, 0.4) is 0 Å². The van der Waals surface area contributed by atoms with Crippen LogP contribution in [0.5, 0.6) is 11.5 Å². The summed E-state index contributed by atoms with van der Waals surface area (Å²) in [6.45, 7) is 0.233. The quantitative estimate of drug-likeness (QED) is 0.925. The maximum atomic E-state index is 12.6. The molecular formula is C16H22N2O3. The zero-order chi connectivity index (χ0) is 14.8. The molecule has 1 aliphatic carbocycles. The number of rotatable bonds is 3. The third-order valence-corrected chi connectivity index (χ3v) is 4.59. The van der Waals surface area contributed by atoms with E-state index in [2.05, 4.69) is 5.32 Å². The van der Waals surface area contributed by atoms with E-state index in [4.69, 9.17) is 9.47 Å². The lowest BCUT2D eigenvalue weighted by atomic mass is 9.90. The second kappa shape index (κ2) is 5.93. The van der Waals surface area contributed by atoms with Crippen LogP contribution in [0.1, 0.15) is 36.0 Å². The van der Waals surface area contributed by atoms with Gasteiger partial charge < -0.3 is 19.7 Å². The Bertz CT molecular complexity index is 524. The van der Waals surface area contributed by atoms with Crippen molar-refractivity contribution in [1.29, 1.82) is 0 Å². The fraction of sp³-hybridized carbons (Fsp3) is 0.562. The van der Waals surface area contributed by atoms with E-state index in [1.54, 1.807) is 12.1 Å². The second-order valence-electron chi connectivity index (χ2n) is 5.78. The van der Waals surface area contributed by atoms with Crippen LogP contribution < -0.4 is 14.8 Å². The summed E-state index contributed by atoms with van der Waals surface area (Å²) in [4.78, 5) is 14.5. The van der Waals surface area contributed by atoms with E-state index in [1.165, 1.54) is 0 Å². The lowest BCUT2D eigenvalue weighted by Gasteiger charge is -2.34. The molecule has 1 aromatic carbocycles. The van der Waals surface area contributed by atoms with Crippen LogP contribution in [-0.2, 0) is 0 Å². The van der Waals surface area contributed by atoms with Gasteiger partial charge in [-0.15, -0.1) is 0 Å². The Morgan fingerprint density at radius 1 is 1.19 bits per heavy atom. The number of carbonyl (C=O) groups excluding carboxylic acids is 1. The molecule has 0 saturated heterocycles. The second-order valence-corrected chi connectivity index (χ2v) is 5.78. The summed E-state index contributed by atoms with van der Waals surface area (Å²) < 4.78 is 10.6. The predicted molar refractivity (Wildman–Crippen MR) is 79.8 cm³/mol. The topological polar surface area (TPSA) is 50.8 Å². The average Bonchev–Trinajstić information content (AvgIpc) is 3.01. The molecule has 3 rings (SSSR count). The number of hydrogen-bond donors (Lipinski definition) is 1. The Balaban J connectivity index is 1.67. The van der Waals surface area contributed by atoms with Gasteiger partial charge in [-0.25, -0.2) is 0 Å². The van der Waals surface area contributed by atoms with Crippen molar-refractivity contribution in [2.75, 3.05) is 20.9 Å². The van der Waals surface area contributed by atoms with Crippen molar-refractivity contribution in [2.24, 2.45) is 0 Å². The standard InChI is InChI=1S/C16H22N2O3/c1-17-12-4-6-13(7-5-12)18(2)16(19)11-3-8-14-15(9-11)21-10-20-14/h3,8-9,12-13,17H,4-7,10H2,1-2H3. The molecule has 1 heterocycles. The Hall–Kier alpha value is -1.75. The van der Waals surface area contributed by atoms with Crippen LogP contribution in [0.2, 0.25) is 0 Å². The van der Waals surface area contributed by atoms with Crippen LogP contribution in [-0.4, -0.2) is 43.8 Å². The Kier molecular flexibility index (Phi) is 4.01. The fourth-order valence-electron chi connectivity index (χ4n) is 3.15. The molecule has 0 atom stereocenters. The smallest absolute Gasteiger partial charge is 0.253 e. The van der Waals surface area contributed by atoms with Gasteiger partial charge in [0, 0.05) is 24.7 Å². The van der Waals surface area contributed by atoms with Gasteiger partial charge in [-0.2, -0.15) is 0 Å². The lowest BCUT2D eigenvalue weighted by molar-refractivity contribution is 0.0685. The van der Waals surface area contributed by atoms with E-state index in [0.717, 1.165) is 25.7 Å². The maximum Gasteiger partial charge on any atom is 0.253 e. The van der Waals surface area contributed by atoms with Gasteiger partial charge in [-0.3, -0.25) is 4.79 Å². The molecule has 0 spiro atoms. The Morgan fingerprint density at radius 2 is 1.90 bits per heavy atom. The summed E-state index contributed by atoms with van der Waals surface area (Å²) >= 11 is 0. The van der Waals surface area contributed by atoms with E-state index in [-0.39, 0.29) is 12.7 Å². The van der Waals surface area contributed by atoms with Crippen LogP contribution in [0, 0.1) is 0 Å². The number of benzene rings is 1. The zero-order valence-electron chi connectivity index (χ0n) is 12.6. The van der Waals surface area contributed by atoms with Crippen molar-refractivity contribution >= 4 is 5.91 Å². The number of hydrogen-bond acceptors (Lipinski definition) is 4. The average molecular weight is 290 g/mol.